The lowest BCUT2D eigenvalue weighted by Gasteiger charge is -2.15. The van der Waals surface area contributed by atoms with Gasteiger partial charge in [0, 0.05) is 16.7 Å². The highest BCUT2D eigenvalue weighted by atomic mass is 79.9. The fourth-order valence-electron chi connectivity index (χ4n) is 1.80. The van der Waals surface area contributed by atoms with Crippen molar-refractivity contribution in [1.82, 2.24) is 4.98 Å². The molecule has 0 bridgehead atoms. The first-order valence-electron chi connectivity index (χ1n) is 5.75. The van der Waals surface area contributed by atoms with Gasteiger partial charge in [0.1, 0.15) is 5.82 Å². The maximum atomic E-state index is 12.8. The summed E-state index contributed by atoms with van der Waals surface area (Å²) in [7, 11) is 0. The minimum atomic E-state index is -0.199. The molecule has 0 aliphatic rings. The van der Waals surface area contributed by atoms with Crippen molar-refractivity contribution >= 4 is 21.6 Å². The Hall–Kier alpha value is -1.42. The van der Waals surface area contributed by atoms with Gasteiger partial charge < -0.3 is 5.32 Å². The van der Waals surface area contributed by atoms with Crippen molar-refractivity contribution in [3.8, 4) is 0 Å². The van der Waals surface area contributed by atoms with E-state index in [0.29, 0.717) is 0 Å². The molecule has 1 heterocycles. The minimum Gasteiger partial charge on any atom is -0.381 e. The Balaban J connectivity index is 1.96. The van der Waals surface area contributed by atoms with Gasteiger partial charge in [-0.2, -0.15) is 0 Å². The largest absolute Gasteiger partial charge is 0.381 e. The van der Waals surface area contributed by atoms with Gasteiger partial charge in [-0.1, -0.05) is 12.1 Å². The molecule has 0 aliphatic carbocycles. The molecule has 0 fully saturated rings. The minimum absolute atomic E-state index is 0.199. The molecule has 94 valence electrons. The fourth-order valence-corrected chi connectivity index (χ4v) is 2.17. The van der Waals surface area contributed by atoms with Crippen LogP contribution in [0, 0.1) is 5.82 Å². The molecule has 0 radical (unpaired) electrons. The average molecular weight is 309 g/mol. The Morgan fingerprint density at radius 1 is 1.28 bits per heavy atom. The van der Waals surface area contributed by atoms with Crippen LogP contribution in [0.4, 0.5) is 10.1 Å². The van der Waals surface area contributed by atoms with Crippen LogP contribution in [0.25, 0.3) is 0 Å². The van der Waals surface area contributed by atoms with Crippen LogP contribution in [0.1, 0.15) is 12.5 Å². The maximum Gasteiger partial charge on any atom is 0.123 e. The normalized spacial score (nSPS) is 12.2. The van der Waals surface area contributed by atoms with Crippen LogP contribution in [0.15, 0.2) is 47.2 Å². The van der Waals surface area contributed by atoms with E-state index in [1.165, 1.54) is 12.1 Å². The molecule has 1 unspecified atom stereocenters. The topological polar surface area (TPSA) is 24.9 Å². The van der Waals surface area contributed by atoms with Gasteiger partial charge >= 0.3 is 0 Å². The molecule has 0 spiro atoms. The lowest BCUT2D eigenvalue weighted by atomic mass is 10.1. The molecule has 0 amide bonds. The molecule has 1 atom stereocenters. The first-order chi connectivity index (χ1) is 8.63. The number of anilines is 1. The zero-order valence-electron chi connectivity index (χ0n) is 10.0. The molecule has 0 saturated carbocycles. The third-order valence-corrected chi connectivity index (χ3v) is 3.01. The zero-order valence-corrected chi connectivity index (χ0v) is 11.6. The molecule has 2 rings (SSSR count). The second kappa shape index (κ2) is 5.96. The molecule has 2 aromatic rings. The Bertz CT molecular complexity index is 513. The van der Waals surface area contributed by atoms with Crippen LogP contribution in [0.5, 0.6) is 0 Å². The maximum absolute atomic E-state index is 12.8. The SMILES string of the molecule is CC(Cc1ccc(F)cc1)Nc1cncc(Br)c1. The molecule has 4 heteroatoms. The first-order valence-corrected chi connectivity index (χ1v) is 6.54. The molecule has 0 saturated heterocycles. The standard InChI is InChI=1S/C14H14BrFN2/c1-10(6-11-2-4-13(16)5-3-11)18-14-7-12(15)8-17-9-14/h2-5,7-10,18H,6H2,1H3. The Kier molecular flexibility index (Phi) is 4.31. The summed E-state index contributed by atoms with van der Waals surface area (Å²) in [5.74, 6) is -0.199. The van der Waals surface area contributed by atoms with Crippen molar-refractivity contribution in [2.45, 2.75) is 19.4 Å². The van der Waals surface area contributed by atoms with Gasteiger partial charge in [0.2, 0.25) is 0 Å². The van der Waals surface area contributed by atoms with Gasteiger partial charge in [-0.05, 0) is 53.0 Å². The number of nitrogens with one attached hydrogen (secondary N) is 1. The highest BCUT2D eigenvalue weighted by Crippen LogP contribution is 2.15. The molecule has 2 nitrogen and oxygen atoms in total. The number of benzene rings is 1. The average Bonchev–Trinajstić information content (AvgIpc) is 2.32. The van der Waals surface area contributed by atoms with Gasteiger partial charge in [-0.25, -0.2) is 4.39 Å². The predicted octanol–water partition coefficient (Wildman–Crippen LogP) is 4.03. The number of hydrogen-bond acceptors (Lipinski definition) is 2. The summed E-state index contributed by atoms with van der Waals surface area (Å²) in [6.07, 6.45) is 4.37. The van der Waals surface area contributed by atoms with Crippen molar-refractivity contribution in [3.05, 3.63) is 58.6 Å². The zero-order chi connectivity index (χ0) is 13.0. The third kappa shape index (κ3) is 3.81. The highest BCUT2D eigenvalue weighted by molar-refractivity contribution is 9.10. The molecule has 18 heavy (non-hydrogen) atoms. The molecule has 1 aromatic carbocycles. The summed E-state index contributed by atoms with van der Waals surface area (Å²) in [5, 5.41) is 3.36. The van der Waals surface area contributed by atoms with Gasteiger partial charge in [0.15, 0.2) is 0 Å². The van der Waals surface area contributed by atoms with Crippen molar-refractivity contribution < 1.29 is 4.39 Å². The summed E-state index contributed by atoms with van der Waals surface area (Å²) in [6, 6.07) is 8.84. The van der Waals surface area contributed by atoms with E-state index < -0.39 is 0 Å². The van der Waals surface area contributed by atoms with E-state index in [0.717, 1.165) is 22.1 Å². The number of nitrogens with zero attached hydrogens (tertiary/aromatic N) is 1. The number of hydrogen-bond donors (Lipinski definition) is 1. The summed E-state index contributed by atoms with van der Waals surface area (Å²) in [6.45, 7) is 2.09. The van der Waals surface area contributed by atoms with Crippen LogP contribution in [-0.2, 0) is 6.42 Å². The Labute approximate surface area is 114 Å². The van der Waals surface area contributed by atoms with E-state index in [1.54, 1.807) is 12.4 Å². The first kappa shape index (κ1) is 13.0. The van der Waals surface area contributed by atoms with Crippen molar-refractivity contribution in [2.24, 2.45) is 0 Å². The van der Waals surface area contributed by atoms with E-state index in [1.807, 2.05) is 18.2 Å². The predicted molar refractivity (Wildman–Crippen MR) is 75.1 cm³/mol. The summed E-state index contributed by atoms with van der Waals surface area (Å²) < 4.78 is 13.7. The second-order valence-corrected chi connectivity index (χ2v) is 5.18. The molecular weight excluding hydrogens is 295 g/mol. The second-order valence-electron chi connectivity index (χ2n) is 4.27. The van der Waals surface area contributed by atoms with Crippen LogP contribution < -0.4 is 5.32 Å². The van der Waals surface area contributed by atoms with E-state index in [4.69, 9.17) is 0 Å². The quantitative estimate of drug-likeness (QED) is 0.922. The number of halogens is 2. The van der Waals surface area contributed by atoms with Gasteiger partial charge in [0.25, 0.3) is 0 Å². The number of rotatable bonds is 4. The van der Waals surface area contributed by atoms with Crippen LogP contribution in [-0.4, -0.2) is 11.0 Å². The summed E-state index contributed by atoms with van der Waals surface area (Å²) in [5.41, 5.74) is 2.08. The Morgan fingerprint density at radius 3 is 2.67 bits per heavy atom. The summed E-state index contributed by atoms with van der Waals surface area (Å²) >= 11 is 3.38. The molecule has 0 aliphatic heterocycles. The number of pyridine rings is 1. The molecule has 1 N–H and O–H groups in total. The number of aromatic nitrogens is 1. The van der Waals surface area contributed by atoms with Gasteiger partial charge in [-0.15, -0.1) is 0 Å². The highest BCUT2D eigenvalue weighted by Gasteiger charge is 2.04. The Morgan fingerprint density at radius 2 is 2.00 bits per heavy atom. The van der Waals surface area contributed by atoms with Gasteiger partial charge in [0.05, 0.1) is 11.9 Å². The summed E-state index contributed by atoms with van der Waals surface area (Å²) in [4.78, 5) is 4.10. The van der Waals surface area contributed by atoms with E-state index >= 15 is 0 Å². The third-order valence-electron chi connectivity index (χ3n) is 2.57. The van der Waals surface area contributed by atoms with E-state index in [2.05, 4.69) is 33.2 Å². The van der Waals surface area contributed by atoms with Crippen molar-refractivity contribution in [3.63, 3.8) is 0 Å². The van der Waals surface area contributed by atoms with Gasteiger partial charge in [-0.3, -0.25) is 4.98 Å². The monoisotopic (exact) mass is 308 g/mol. The van der Waals surface area contributed by atoms with Crippen LogP contribution in [0.2, 0.25) is 0 Å². The van der Waals surface area contributed by atoms with Crippen LogP contribution >= 0.6 is 15.9 Å². The van der Waals surface area contributed by atoms with E-state index in [-0.39, 0.29) is 11.9 Å². The van der Waals surface area contributed by atoms with Crippen molar-refractivity contribution in [2.75, 3.05) is 5.32 Å². The lowest BCUT2D eigenvalue weighted by Crippen LogP contribution is -2.18. The molecular formula is C14H14BrFN2. The van der Waals surface area contributed by atoms with Crippen LogP contribution in [0.3, 0.4) is 0 Å². The smallest absolute Gasteiger partial charge is 0.123 e. The van der Waals surface area contributed by atoms with Crippen molar-refractivity contribution in [1.29, 1.82) is 0 Å². The van der Waals surface area contributed by atoms with E-state index in [9.17, 15) is 4.39 Å². The molecule has 1 aromatic heterocycles. The lowest BCUT2D eigenvalue weighted by molar-refractivity contribution is 0.626. The fraction of sp³-hybridized carbons (Fsp3) is 0.214.